The topological polar surface area (TPSA) is 95.9 Å². The first-order chi connectivity index (χ1) is 34.0. The molecule has 6 heteroatoms. The Bertz CT molecular complexity index is 1310. The Balaban J connectivity index is 4.66. The van der Waals surface area contributed by atoms with Crippen LogP contribution in [0.15, 0.2) is 85.1 Å². The fourth-order valence-electron chi connectivity index (χ4n) is 8.57. The summed E-state index contributed by atoms with van der Waals surface area (Å²) in [5.74, 6) is -0.577. The van der Waals surface area contributed by atoms with Crippen LogP contribution in [-0.2, 0) is 14.3 Å². The Morgan fingerprint density at radius 3 is 1.22 bits per heavy atom. The van der Waals surface area contributed by atoms with Crippen LogP contribution >= 0.6 is 0 Å². The second kappa shape index (κ2) is 56.0. The van der Waals surface area contributed by atoms with E-state index >= 15 is 0 Å². The van der Waals surface area contributed by atoms with Gasteiger partial charge in [0.1, 0.15) is 6.10 Å². The van der Waals surface area contributed by atoms with E-state index in [4.69, 9.17) is 4.74 Å². The molecule has 69 heavy (non-hydrogen) atoms. The highest BCUT2D eigenvalue weighted by Crippen LogP contribution is 2.18. The third-order valence-corrected chi connectivity index (χ3v) is 13.0. The van der Waals surface area contributed by atoms with E-state index in [1.165, 1.54) is 141 Å². The lowest BCUT2D eigenvalue weighted by atomic mass is 10.0. The normalized spacial score (nSPS) is 13.8. The minimum absolute atomic E-state index is 0.0396. The van der Waals surface area contributed by atoms with Gasteiger partial charge in [-0.15, -0.1) is 0 Å². The average Bonchev–Trinajstić information content (AvgIpc) is 3.34. The number of hydrogen-bond acceptors (Lipinski definition) is 5. The summed E-state index contributed by atoms with van der Waals surface area (Å²) in [6, 6.07) is -0.724. The highest BCUT2D eigenvalue weighted by molar-refractivity contribution is 5.77. The molecule has 398 valence electrons. The van der Waals surface area contributed by atoms with Crippen LogP contribution in [0.25, 0.3) is 0 Å². The molecule has 3 atom stereocenters. The lowest BCUT2D eigenvalue weighted by Gasteiger charge is -2.24. The van der Waals surface area contributed by atoms with E-state index in [0.29, 0.717) is 19.3 Å². The van der Waals surface area contributed by atoms with Gasteiger partial charge in [0.25, 0.3) is 0 Å². The summed E-state index contributed by atoms with van der Waals surface area (Å²) in [4.78, 5) is 26.3. The summed E-state index contributed by atoms with van der Waals surface area (Å²) in [5, 5.41) is 23.9. The number of ether oxygens (including phenoxy) is 1. The van der Waals surface area contributed by atoms with E-state index in [2.05, 4.69) is 105 Å². The van der Waals surface area contributed by atoms with Gasteiger partial charge in [0.2, 0.25) is 5.91 Å². The fourth-order valence-corrected chi connectivity index (χ4v) is 8.57. The highest BCUT2D eigenvalue weighted by Gasteiger charge is 2.24. The van der Waals surface area contributed by atoms with Gasteiger partial charge < -0.3 is 20.3 Å². The van der Waals surface area contributed by atoms with Crippen molar-refractivity contribution in [3.8, 4) is 0 Å². The molecule has 0 radical (unpaired) electrons. The number of aliphatic hydroxyl groups is 2. The van der Waals surface area contributed by atoms with Crippen molar-refractivity contribution >= 4 is 11.9 Å². The molecule has 3 unspecified atom stereocenters. The first-order valence-electron chi connectivity index (χ1n) is 29.3. The SMILES string of the molecule is CC/C=C/C/C=C/C/C=C/C/C=C/C/C=C/CCC(=O)OC(CCCCCCCCC/C=C\C/C=C\CCCCC)CC(=O)NC(CO)C(O)CCCCCCCCCCCCCCCCCCC. The molecule has 0 spiro atoms. The van der Waals surface area contributed by atoms with Crippen LogP contribution in [0.1, 0.15) is 278 Å². The van der Waals surface area contributed by atoms with E-state index in [0.717, 1.165) is 83.5 Å². The minimum Gasteiger partial charge on any atom is -0.462 e. The Kier molecular flexibility index (Phi) is 53.6. The maximum Gasteiger partial charge on any atom is 0.306 e. The highest BCUT2D eigenvalue weighted by atomic mass is 16.5. The standard InChI is InChI=1S/C63H111NO5/c1-4-7-10-13-16-19-22-25-28-31-33-36-39-42-45-48-51-54-59(69-63(68)56-53-50-47-44-41-38-35-30-27-24-21-18-15-12-9-6-3)57-62(67)64-60(58-65)61(66)55-52-49-46-43-40-37-34-32-29-26-23-20-17-14-11-8-5-2/h9,12,16,18-19,21,25,27-28,30,38,41,47,50,59-61,65-66H,4-8,10-11,13-15,17,20,22-24,26,29,31-37,39-40,42-46,48-49,51-58H2,1-3H3,(H,64,67)/b12-9+,19-16-,21-18+,28-25-,30-27+,41-38+,50-47+. The monoisotopic (exact) mass is 962 g/mol. The van der Waals surface area contributed by atoms with Crippen LogP contribution in [0.2, 0.25) is 0 Å². The van der Waals surface area contributed by atoms with Gasteiger partial charge in [-0.3, -0.25) is 9.59 Å². The van der Waals surface area contributed by atoms with Crippen molar-refractivity contribution in [2.45, 2.75) is 296 Å². The van der Waals surface area contributed by atoms with Gasteiger partial charge in [-0.25, -0.2) is 0 Å². The number of hydrogen-bond donors (Lipinski definition) is 3. The molecule has 0 aliphatic carbocycles. The summed E-state index contributed by atoms with van der Waals surface area (Å²) in [5.41, 5.74) is 0. The van der Waals surface area contributed by atoms with Crippen molar-refractivity contribution in [3.63, 3.8) is 0 Å². The van der Waals surface area contributed by atoms with Crippen molar-refractivity contribution in [1.82, 2.24) is 5.32 Å². The molecule has 3 N–H and O–H groups in total. The Labute approximate surface area is 427 Å². The molecule has 1 amide bonds. The number of carbonyl (C=O) groups excluding carboxylic acids is 2. The molecule has 0 heterocycles. The summed E-state index contributed by atoms with van der Waals surface area (Å²) >= 11 is 0. The van der Waals surface area contributed by atoms with Gasteiger partial charge in [0.15, 0.2) is 0 Å². The lowest BCUT2D eigenvalue weighted by molar-refractivity contribution is -0.150. The molecule has 0 bridgehead atoms. The number of aliphatic hydroxyl groups excluding tert-OH is 2. The number of unbranched alkanes of at least 4 members (excludes halogenated alkanes) is 26. The van der Waals surface area contributed by atoms with E-state index in [1.807, 2.05) is 6.08 Å². The van der Waals surface area contributed by atoms with Gasteiger partial charge in [-0.1, -0.05) is 260 Å². The van der Waals surface area contributed by atoms with Crippen molar-refractivity contribution < 1.29 is 24.5 Å². The number of allylic oxidation sites excluding steroid dienone is 14. The molecule has 0 rings (SSSR count). The molecule has 0 aromatic rings. The van der Waals surface area contributed by atoms with Crippen LogP contribution < -0.4 is 5.32 Å². The number of carbonyl (C=O) groups is 2. The summed E-state index contributed by atoms with van der Waals surface area (Å²) < 4.78 is 5.92. The largest absolute Gasteiger partial charge is 0.462 e. The van der Waals surface area contributed by atoms with E-state index in [9.17, 15) is 19.8 Å². The van der Waals surface area contributed by atoms with Crippen molar-refractivity contribution in [2.75, 3.05) is 6.61 Å². The number of rotatable bonds is 52. The third-order valence-electron chi connectivity index (χ3n) is 13.0. The van der Waals surface area contributed by atoms with Gasteiger partial charge in [0.05, 0.1) is 25.2 Å². The molecule has 0 fully saturated rings. The van der Waals surface area contributed by atoms with Gasteiger partial charge in [-0.2, -0.15) is 0 Å². The smallest absolute Gasteiger partial charge is 0.306 e. The van der Waals surface area contributed by atoms with E-state index in [-0.39, 0.29) is 31.3 Å². The molecular weight excluding hydrogens is 851 g/mol. The van der Waals surface area contributed by atoms with Gasteiger partial charge in [0, 0.05) is 6.42 Å². The fraction of sp³-hybridized carbons (Fsp3) is 0.746. The molecular formula is C63H111NO5. The zero-order valence-corrected chi connectivity index (χ0v) is 45.4. The molecule has 0 saturated heterocycles. The quantitative estimate of drug-likeness (QED) is 0.0321. The maximum atomic E-state index is 13.3. The van der Waals surface area contributed by atoms with Crippen LogP contribution in [0, 0.1) is 0 Å². The second-order valence-electron chi connectivity index (χ2n) is 19.7. The van der Waals surface area contributed by atoms with Crippen molar-refractivity contribution in [1.29, 1.82) is 0 Å². The molecule has 0 aromatic heterocycles. The Morgan fingerprint density at radius 2 is 0.783 bits per heavy atom. The number of amides is 1. The summed E-state index contributed by atoms with van der Waals surface area (Å²) in [6.07, 6.45) is 73.7. The maximum absolute atomic E-state index is 13.3. The van der Waals surface area contributed by atoms with E-state index in [1.54, 1.807) is 0 Å². The van der Waals surface area contributed by atoms with Crippen molar-refractivity contribution in [2.24, 2.45) is 0 Å². The lowest BCUT2D eigenvalue weighted by Crippen LogP contribution is -2.46. The van der Waals surface area contributed by atoms with Crippen LogP contribution in [0.3, 0.4) is 0 Å². The van der Waals surface area contributed by atoms with Gasteiger partial charge in [-0.05, 0) is 89.9 Å². The Hall–Kier alpha value is -2.96. The first kappa shape index (κ1) is 66.0. The van der Waals surface area contributed by atoms with E-state index < -0.39 is 18.2 Å². The molecule has 0 aliphatic rings. The molecule has 0 aromatic carbocycles. The average molecular weight is 963 g/mol. The predicted octanol–water partition coefficient (Wildman–Crippen LogP) is 18.3. The Morgan fingerprint density at radius 1 is 0.435 bits per heavy atom. The second-order valence-corrected chi connectivity index (χ2v) is 19.7. The molecule has 0 aliphatic heterocycles. The summed E-state index contributed by atoms with van der Waals surface area (Å²) in [7, 11) is 0. The number of nitrogens with one attached hydrogen (secondary N) is 1. The van der Waals surface area contributed by atoms with Crippen LogP contribution in [0.5, 0.6) is 0 Å². The van der Waals surface area contributed by atoms with Crippen LogP contribution in [-0.4, -0.2) is 46.9 Å². The predicted molar refractivity (Wildman–Crippen MR) is 301 cm³/mol. The third kappa shape index (κ3) is 51.2. The van der Waals surface area contributed by atoms with Gasteiger partial charge >= 0.3 is 5.97 Å². The zero-order valence-electron chi connectivity index (χ0n) is 45.4. The van der Waals surface area contributed by atoms with Crippen LogP contribution in [0.4, 0.5) is 0 Å². The molecule has 6 nitrogen and oxygen atoms in total. The first-order valence-corrected chi connectivity index (χ1v) is 29.3. The minimum atomic E-state index is -0.807. The zero-order chi connectivity index (χ0) is 50.2. The summed E-state index contributed by atoms with van der Waals surface area (Å²) in [6.45, 7) is 6.35. The van der Waals surface area contributed by atoms with Crippen molar-refractivity contribution in [3.05, 3.63) is 85.1 Å². The molecule has 0 saturated carbocycles. The number of esters is 1.